The highest BCUT2D eigenvalue weighted by Crippen LogP contribution is 2.18. The van der Waals surface area contributed by atoms with Crippen molar-refractivity contribution < 1.29 is 18.8 Å². The minimum Gasteiger partial charge on any atom is -0.382 e. The number of benzene rings is 1. The fourth-order valence-corrected chi connectivity index (χ4v) is 3.09. The van der Waals surface area contributed by atoms with E-state index in [2.05, 4.69) is 5.16 Å². The van der Waals surface area contributed by atoms with Crippen LogP contribution in [0, 0.1) is 5.82 Å². The molecule has 0 aromatic heterocycles. The summed E-state index contributed by atoms with van der Waals surface area (Å²) in [5.41, 5.74) is 1.76. The Morgan fingerprint density at radius 1 is 1.33 bits per heavy atom. The van der Waals surface area contributed by atoms with E-state index < -0.39 is 6.10 Å². The SMILES string of the molecule is CN(C[C@@H]1CCCCO1)C(=O)[C@@H]1CC(Cc2ccc(F)cc2)=NO1. The molecule has 0 unspecified atom stereocenters. The van der Waals surface area contributed by atoms with E-state index in [1.807, 2.05) is 0 Å². The van der Waals surface area contributed by atoms with E-state index in [0.717, 1.165) is 37.1 Å². The van der Waals surface area contributed by atoms with Crippen molar-refractivity contribution in [2.24, 2.45) is 5.16 Å². The minimum atomic E-state index is -0.561. The van der Waals surface area contributed by atoms with Crippen LogP contribution in [0.25, 0.3) is 0 Å². The quantitative estimate of drug-likeness (QED) is 0.831. The van der Waals surface area contributed by atoms with Gasteiger partial charge in [0.05, 0.1) is 11.8 Å². The first-order valence-corrected chi connectivity index (χ1v) is 8.44. The van der Waals surface area contributed by atoms with Crippen LogP contribution in [-0.4, -0.2) is 48.9 Å². The van der Waals surface area contributed by atoms with Crippen LogP contribution in [0.5, 0.6) is 0 Å². The fraction of sp³-hybridized carbons (Fsp3) is 0.556. The number of carbonyl (C=O) groups excluding carboxylic acids is 1. The molecule has 1 saturated heterocycles. The molecular formula is C18H23FN2O3. The van der Waals surface area contributed by atoms with Gasteiger partial charge < -0.3 is 14.5 Å². The van der Waals surface area contributed by atoms with Gasteiger partial charge in [-0.3, -0.25) is 4.79 Å². The van der Waals surface area contributed by atoms with Crippen molar-refractivity contribution in [1.29, 1.82) is 0 Å². The highest BCUT2D eigenvalue weighted by Gasteiger charge is 2.31. The van der Waals surface area contributed by atoms with Crippen LogP contribution < -0.4 is 0 Å². The third-order valence-corrected chi connectivity index (χ3v) is 4.45. The predicted octanol–water partition coefficient (Wildman–Crippen LogP) is 2.54. The van der Waals surface area contributed by atoms with Crippen molar-refractivity contribution in [3.63, 3.8) is 0 Å². The third kappa shape index (κ3) is 4.32. The maximum atomic E-state index is 12.9. The molecule has 1 aromatic carbocycles. The lowest BCUT2D eigenvalue weighted by atomic mass is 10.0. The molecule has 5 nitrogen and oxygen atoms in total. The third-order valence-electron chi connectivity index (χ3n) is 4.45. The molecule has 2 aliphatic rings. The second-order valence-corrected chi connectivity index (χ2v) is 6.47. The van der Waals surface area contributed by atoms with E-state index in [1.54, 1.807) is 24.1 Å². The van der Waals surface area contributed by atoms with E-state index in [4.69, 9.17) is 9.57 Å². The Labute approximate surface area is 141 Å². The van der Waals surface area contributed by atoms with E-state index in [0.29, 0.717) is 19.4 Å². The largest absolute Gasteiger partial charge is 0.382 e. The van der Waals surface area contributed by atoms with Gasteiger partial charge in [0.1, 0.15) is 5.82 Å². The summed E-state index contributed by atoms with van der Waals surface area (Å²) in [7, 11) is 1.78. The van der Waals surface area contributed by atoms with Gasteiger partial charge in [-0.05, 0) is 37.0 Å². The van der Waals surface area contributed by atoms with Gasteiger partial charge in [-0.2, -0.15) is 0 Å². The number of amides is 1. The Balaban J connectivity index is 1.48. The van der Waals surface area contributed by atoms with Gasteiger partial charge in [-0.1, -0.05) is 17.3 Å². The molecule has 0 bridgehead atoms. The standard InChI is InChI=1S/C18H23FN2O3/c1-21(12-16-4-2-3-9-23-16)18(22)17-11-15(20-24-17)10-13-5-7-14(19)8-6-13/h5-8,16-17H,2-4,9-12H2,1H3/t16-,17-/m0/s1. The summed E-state index contributed by atoms with van der Waals surface area (Å²) in [4.78, 5) is 19.5. The maximum Gasteiger partial charge on any atom is 0.266 e. The number of ether oxygens (including phenoxy) is 1. The molecule has 1 aromatic rings. The van der Waals surface area contributed by atoms with Crippen LogP contribution in [0.4, 0.5) is 4.39 Å². The summed E-state index contributed by atoms with van der Waals surface area (Å²) in [5.74, 6) is -0.329. The van der Waals surface area contributed by atoms with Gasteiger partial charge in [0.2, 0.25) is 6.10 Å². The molecule has 3 rings (SSSR count). The van der Waals surface area contributed by atoms with Crippen LogP contribution in [-0.2, 0) is 20.8 Å². The zero-order valence-electron chi connectivity index (χ0n) is 13.9. The number of likely N-dealkylation sites (N-methyl/N-ethyl adjacent to an activating group) is 1. The Morgan fingerprint density at radius 3 is 2.83 bits per heavy atom. The summed E-state index contributed by atoms with van der Waals surface area (Å²) in [5, 5.41) is 4.03. The highest BCUT2D eigenvalue weighted by molar-refractivity contribution is 5.93. The molecule has 0 spiro atoms. The van der Waals surface area contributed by atoms with Gasteiger partial charge in [0.25, 0.3) is 5.91 Å². The summed E-state index contributed by atoms with van der Waals surface area (Å²) >= 11 is 0. The molecule has 0 aliphatic carbocycles. The maximum absolute atomic E-state index is 12.9. The van der Waals surface area contributed by atoms with Crippen LogP contribution >= 0.6 is 0 Å². The molecule has 24 heavy (non-hydrogen) atoms. The summed E-state index contributed by atoms with van der Waals surface area (Å²) in [6.45, 7) is 1.36. The number of halogens is 1. The van der Waals surface area contributed by atoms with Crippen molar-refractivity contribution in [2.45, 2.75) is 44.3 Å². The van der Waals surface area contributed by atoms with Crippen LogP contribution in [0.2, 0.25) is 0 Å². The molecule has 2 atom stereocenters. The molecule has 2 aliphatic heterocycles. The fourth-order valence-electron chi connectivity index (χ4n) is 3.09. The van der Waals surface area contributed by atoms with Gasteiger partial charge in [-0.25, -0.2) is 4.39 Å². The van der Waals surface area contributed by atoms with E-state index >= 15 is 0 Å². The van der Waals surface area contributed by atoms with Crippen LogP contribution in [0.15, 0.2) is 29.4 Å². The molecule has 2 heterocycles. The van der Waals surface area contributed by atoms with Crippen LogP contribution in [0.3, 0.4) is 0 Å². The first-order chi connectivity index (χ1) is 11.6. The summed E-state index contributed by atoms with van der Waals surface area (Å²) in [6, 6.07) is 6.29. The number of hydrogen-bond donors (Lipinski definition) is 0. The Hall–Kier alpha value is -1.95. The molecule has 1 fully saturated rings. The number of rotatable bonds is 5. The number of hydrogen-bond acceptors (Lipinski definition) is 4. The van der Waals surface area contributed by atoms with Gasteiger partial charge in [0.15, 0.2) is 0 Å². The number of oxime groups is 1. The van der Waals surface area contributed by atoms with E-state index in [-0.39, 0.29) is 17.8 Å². The number of nitrogens with zero attached hydrogens (tertiary/aromatic N) is 2. The van der Waals surface area contributed by atoms with Gasteiger partial charge >= 0.3 is 0 Å². The Morgan fingerprint density at radius 2 is 2.12 bits per heavy atom. The topological polar surface area (TPSA) is 51.1 Å². The van der Waals surface area contributed by atoms with Crippen molar-refractivity contribution in [3.8, 4) is 0 Å². The van der Waals surface area contributed by atoms with Crippen molar-refractivity contribution in [3.05, 3.63) is 35.6 Å². The molecule has 130 valence electrons. The van der Waals surface area contributed by atoms with Crippen LogP contribution in [0.1, 0.15) is 31.2 Å². The first-order valence-electron chi connectivity index (χ1n) is 8.44. The smallest absolute Gasteiger partial charge is 0.266 e. The summed E-state index contributed by atoms with van der Waals surface area (Å²) < 4.78 is 18.6. The van der Waals surface area contributed by atoms with E-state index in [1.165, 1.54) is 12.1 Å². The van der Waals surface area contributed by atoms with Gasteiger partial charge in [0, 0.05) is 33.0 Å². The second-order valence-electron chi connectivity index (χ2n) is 6.47. The normalized spacial score (nSPS) is 23.5. The molecule has 0 N–H and O–H groups in total. The zero-order chi connectivity index (χ0) is 16.9. The molecule has 0 saturated carbocycles. The molecule has 1 amide bonds. The average Bonchev–Trinajstić information content (AvgIpc) is 3.05. The minimum absolute atomic E-state index is 0.0676. The average molecular weight is 334 g/mol. The van der Waals surface area contributed by atoms with Crippen molar-refractivity contribution in [2.75, 3.05) is 20.2 Å². The summed E-state index contributed by atoms with van der Waals surface area (Å²) in [6.07, 6.45) is 3.85. The molecule has 6 heteroatoms. The lowest BCUT2D eigenvalue weighted by Gasteiger charge is -2.28. The second kappa shape index (κ2) is 7.75. The first kappa shape index (κ1) is 16.9. The van der Waals surface area contributed by atoms with E-state index in [9.17, 15) is 9.18 Å². The highest BCUT2D eigenvalue weighted by atomic mass is 19.1. The predicted molar refractivity (Wildman–Crippen MR) is 88.3 cm³/mol. The Bertz CT molecular complexity index is 597. The van der Waals surface area contributed by atoms with Crippen molar-refractivity contribution in [1.82, 2.24) is 4.90 Å². The lowest BCUT2D eigenvalue weighted by Crippen LogP contribution is -2.42. The Kier molecular flexibility index (Phi) is 5.45. The van der Waals surface area contributed by atoms with Crippen molar-refractivity contribution >= 4 is 11.6 Å². The molecule has 0 radical (unpaired) electrons. The zero-order valence-corrected chi connectivity index (χ0v) is 13.9. The molecular weight excluding hydrogens is 311 g/mol. The van der Waals surface area contributed by atoms with Gasteiger partial charge in [-0.15, -0.1) is 0 Å². The lowest BCUT2D eigenvalue weighted by molar-refractivity contribution is -0.143. The number of carbonyl (C=O) groups is 1. The monoisotopic (exact) mass is 334 g/mol.